The molecule has 1 aliphatic rings. The maximum absolute atomic E-state index is 13.5. The number of halogens is 2. The first-order valence-corrected chi connectivity index (χ1v) is 12.8. The molecule has 0 saturated carbocycles. The Bertz CT molecular complexity index is 1250. The molecule has 9 heteroatoms. The number of carbonyl (C=O) groups excluding carboxylic acids is 2. The van der Waals surface area contributed by atoms with Gasteiger partial charge in [0.2, 0.25) is 5.91 Å². The van der Waals surface area contributed by atoms with E-state index in [1.165, 1.54) is 29.2 Å². The van der Waals surface area contributed by atoms with Gasteiger partial charge in [0.05, 0.1) is 18.7 Å². The molecule has 37 heavy (non-hydrogen) atoms. The van der Waals surface area contributed by atoms with Gasteiger partial charge in [-0.1, -0.05) is 30.7 Å². The van der Waals surface area contributed by atoms with Crippen LogP contribution in [0.3, 0.4) is 0 Å². The number of hydrogen-bond acceptors (Lipinski definition) is 4. The summed E-state index contributed by atoms with van der Waals surface area (Å²) < 4.78 is 19.1. The fourth-order valence-corrected chi connectivity index (χ4v) is 4.60. The zero-order chi connectivity index (χ0) is 26.4. The van der Waals surface area contributed by atoms with Crippen LogP contribution in [-0.2, 0) is 16.0 Å². The third kappa shape index (κ3) is 6.64. The van der Waals surface area contributed by atoms with E-state index in [0.29, 0.717) is 36.0 Å². The van der Waals surface area contributed by atoms with Gasteiger partial charge in [-0.25, -0.2) is 4.39 Å². The maximum atomic E-state index is 13.5. The molecule has 3 aromatic rings. The van der Waals surface area contributed by atoms with Crippen LogP contribution in [0.15, 0.2) is 72.8 Å². The van der Waals surface area contributed by atoms with Crippen LogP contribution in [0.25, 0.3) is 0 Å². The standard InChI is InChI=1S/C28H27ClFN3O3S/c1-2-17-36-24-13-9-22(10-14-24)31-26(34)18-25-27(35)33(23-11-7-21(30)8-12-23)28(37)32(25)16-15-19-3-5-20(29)6-4-19/h3-14,25H,2,15-18H2,1H3,(H,31,34)/t25-/m0/s1. The first-order chi connectivity index (χ1) is 17.9. The maximum Gasteiger partial charge on any atom is 0.256 e. The fourth-order valence-electron chi connectivity index (χ4n) is 4.06. The monoisotopic (exact) mass is 539 g/mol. The predicted molar refractivity (Wildman–Crippen MR) is 148 cm³/mol. The van der Waals surface area contributed by atoms with E-state index >= 15 is 0 Å². The number of nitrogens with zero attached hydrogens (tertiary/aromatic N) is 2. The van der Waals surface area contributed by atoms with Gasteiger partial charge >= 0.3 is 0 Å². The van der Waals surface area contributed by atoms with Crippen molar-refractivity contribution in [2.75, 3.05) is 23.4 Å². The molecule has 1 aliphatic heterocycles. The Morgan fingerprint density at radius 1 is 1.05 bits per heavy atom. The van der Waals surface area contributed by atoms with Gasteiger partial charge in [-0.2, -0.15) is 0 Å². The molecule has 1 fully saturated rings. The van der Waals surface area contributed by atoms with E-state index in [0.717, 1.165) is 17.7 Å². The van der Waals surface area contributed by atoms with E-state index in [2.05, 4.69) is 5.32 Å². The normalized spacial score (nSPS) is 15.3. The number of thiocarbonyl (C=S) groups is 1. The van der Waals surface area contributed by atoms with Crippen molar-refractivity contribution < 1.29 is 18.7 Å². The van der Waals surface area contributed by atoms with Gasteiger partial charge in [0, 0.05) is 17.3 Å². The van der Waals surface area contributed by atoms with E-state index in [1.54, 1.807) is 41.3 Å². The van der Waals surface area contributed by atoms with E-state index in [-0.39, 0.29) is 23.3 Å². The summed E-state index contributed by atoms with van der Waals surface area (Å²) in [6, 6.07) is 19.3. The number of ether oxygens (including phenoxy) is 1. The van der Waals surface area contributed by atoms with E-state index in [9.17, 15) is 14.0 Å². The molecule has 0 radical (unpaired) electrons. The molecule has 4 rings (SSSR count). The molecule has 1 atom stereocenters. The highest BCUT2D eigenvalue weighted by Crippen LogP contribution is 2.28. The lowest BCUT2D eigenvalue weighted by Crippen LogP contribution is -2.39. The largest absolute Gasteiger partial charge is 0.494 e. The number of benzene rings is 3. The van der Waals surface area contributed by atoms with Crippen LogP contribution in [0.2, 0.25) is 5.02 Å². The van der Waals surface area contributed by atoms with Crippen molar-refractivity contribution in [2.45, 2.75) is 32.2 Å². The first kappa shape index (κ1) is 26.6. The molecule has 3 aromatic carbocycles. The van der Waals surface area contributed by atoms with Crippen LogP contribution >= 0.6 is 23.8 Å². The molecule has 0 bridgehead atoms. The van der Waals surface area contributed by atoms with Gasteiger partial charge in [0.1, 0.15) is 17.6 Å². The minimum atomic E-state index is -0.794. The number of anilines is 2. The van der Waals surface area contributed by atoms with Crippen LogP contribution < -0.4 is 15.0 Å². The molecule has 1 heterocycles. The molecular weight excluding hydrogens is 513 g/mol. The molecule has 1 saturated heterocycles. The zero-order valence-electron chi connectivity index (χ0n) is 20.3. The van der Waals surface area contributed by atoms with Gasteiger partial charge in [0.15, 0.2) is 5.11 Å². The second-order valence-corrected chi connectivity index (χ2v) is 9.45. The molecule has 0 aliphatic carbocycles. The average molecular weight is 540 g/mol. The van der Waals surface area contributed by atoms with Crippen molar-refractivity contribution in [1.82, 2.24) is 4.90 Å². The number of amides is 2. The highest BCUT2D eigenvalue weighted by molar-refractivity contribution is 7.80. The molecule has 6 nitrogen and oxygen atoms in total. The lowest BCUT2D eigenvalue weighted by atomic mass is 10.1. The summed E-state index contributed by atoms with van der Waals surface area (Å²) >= 11 is 11.7. The van der Waals surface area contributed by atoms with Crippen molar-refractivity contribution in [3.8, 4) is 5.75 Å². The molecule has 0 aromatic heterocycles. The molecule has 0 unspecified atom stereocenters. The van der Waals surface area contributed by atoms with Gasteiger partial charge in [-0.3, -0.25) is 14.5 Å². The Labute approximate surface area is 226 Å². The third-order valence-corrected chi connectivity index (χ3v) is 6.62. The van der Waals surface area contributed by atoms with Crippen molar-refractivity contribution in [3.05, 3.63) is 89.2 Å². The fraction of sp³-hybridized carbons (Fsp3) is 0.250. The van der Waals surface area contributed by atoms with Crippen LogP contribution in [0, 0.1) is 5.82 Å². The van der Waals surface area contributed by atoms with Crippen LogP contribution in [0.5, 0.6) is 5.75 Å². The van der Waals surface area contributed by atoms with Crippen molar-refractivity contribution in [3.63, 3.8) is 0 Å². The number of carbonyl (C=O) groups is 2. The van der Waals surface area contributed by atoms with Crippen LogP contribution in [0.1, 0.15) is 25.3 Å². The summed E-state index contributed by atoms with van der Waals surface area (Å²) in [5.74, 6) is -0.338. The summed E-state index contributed by atoms with van der Waals surface area (Å²) in [6.07, 6.45) is 1.41. The topological polar surface area (TPSA) is 61.9 Å². The Hall–Kier alpha value is -3.49. The minimum Gasteiger partial charge on any atom is -0.494 e. The molecule has 2 amide bonds. The average Bonchev–Trinajstić information content (AvgIpc) is 3.12. The third-order valence-electron chi connectivity index (χ3n) is 5.95. The summed E-state index contributed by atoms with van der Waals surface area (Å²) in [7, 11) is 0. The number of nitrogens with one attached hydrogen (secondary N) is 1. The smallest absolute Gasteiger partial charge is 0.256 e. The molecule has 1 N–H and O–H groups in total. The second kappa shape index (κ2) is 12.2. The molecule has 192 valence electrons. The Morgan fingerprint density at radius 2 is 1.73 bits per heavy atom. The van der Waals surface area contributed by atoms with E-state index in [1.807, 2.05) is 19.1 Å². The summed E-state index contributed by atoms with van der Waals surface area (Å²) in [5, 5.41) is 3.77. The quantitative estimate of drug-likeness (QED) is 0.328. The Balaban J connectivity index is 1.50. The van der Waals surface area contributed by atoms with Gasteiger partial charge in [-0.05, 0) is 91.3 Å². The zero-order valence-corrected chi connectivity index (χ0v) is 21.9. The summed E-state index contributed by atoms with van der Waals surface area (Å²) in [6.45, 7) is 3.07. The molecular formula is C28H27ClFN3O3S. The second-order valence-electron chi connectivity index (χ2n) is 8.64. The summed E-state index contributed by atoms with van der Waals surface area (Å²) in [4.78, 5) is 29.6. The SMILES string of the molecule is CCCOc1ccc(NC(=O)C[C@H]2C(=O)N(c3ccc(F)cc3)C(=S)N2CCc2ccc(Cl)cc2)cc1. The lowest BCUT2D eigenvalue weighted by molar-refractivity contribution is -0.124. The Kier molecular flexibility index (Phi) is 8.74. The van der Waals surface area contributed by atoms with Gasteiger partial charge in [0.25, 0.3) is 5.91 Å². The van der Waals surface area contributed by atoms with Crippen LogP contribution in [0.4, 0.5) is 15.8 Å². The van der Waals surface area contributed by atoms with Gasteiger partial charge in [-0.15, -0.1) is 0 Å². The summed E-state index contributed by atoms with van der Waals surface area (Å²) in [5.41, 5.74) is 2.08. The van der Waals surface area contributed by atoms with E-state index in [4.69, 9.17) is 28.6 Å². The number of hydrogen-bond donors (Lipinski definition) is 1. The number of rotatable bonds is 10. The van der Waals surface area contributed by atoms with Crippen molar-refractivity contribution >= 4 is 52.1 Å². The lowest BCUT2D eigenvalue weighted by Gasteiger charge is -2.24. The van der Waals surface area contributed by atoms with Gasteiger partial charge < -0.3 is 15.0 Å². The van der Waals surface area contributed by atoms with E-state index < -0.39 is 11.9 Å². The van der Waals surface area contributed by atoms with Crippen molar-refractivity contribution in [1.29, 1.82) is 0 Å². The molecule has 0 spiro atoms. The van der Waals surface area contributed by atoms with Crippen LogP contribution in [-0.4, -0.2) is 41.0 Å². The minimum absolute atomic E-state index is 0.0919. The first-order valence-electron chi connectivity index (χ1n) is 12.0. The van der Waals surface area contributed by atoms with Crippen molar-refractivity contribution in [2.24, 2.45) is 0 Å². The highest BCUT2D eigenvalue weighted by Gasteiger charge is 2.43. The predicted octanol–water partition coefficient (Wildman–Crippen LogP) is 5.84. The Morgan fingerprint density at radius 3 is 2.38 bits per heavy atom. The highest BCUT2D eigenvalue weighted by atomic mass is 35.5.